The van der Waals surface area contributed by atoms with Gasteiger partial charge in [-0.15, -0.1) is 0 Å². The van der Waals surface area contributed by atoms with Crippen molar-refractivity contribution in [1.29, 1.82) is 0 Å². The number of rotatable bonds is 4. The van der Waals surface area contributed by atoms with Gasteiger partial charge in [0.1, 0.15) is 0 Å². The average molecular weight is 284 g/mol. The van der Waals surface area contributed by atoms with E-state index in [1.165, 1.54) is 0 Å². The molecule has 0 aromatic heterocycles. The van der Waals surface area contributed by atoms with Crippen LogP contribution >= 0.6 is 0 Å². The molecule has 3 atom stereocenters. The molecule has 5 heteroatoms. The molecule has 0 bridgehead atoms. The Morgan fingerprint density at radius 2 is 2.00 bits per heavy atom. The second-order valence-corrected chi connectivity index (χ2v) is 6.31. The largest absolute Gasteiger partial charge is 0.394 e. The summed E-state index contributed by atoms with van der Waals surface area (Å²) in [5.74, 6) is 0.854. The predicted molar refractivity (Wildman–Crippen MR) is 77.1 cm³/mol. The maximum absolute atomic E-state index is 12.6. The Morgan fingerprint density at radius 1 is 1.30 bits per heavy atom. The minimum atomic E-state index is 0.00802. The molecule has 1 aliphatic carbocycles. The third-order valence-corrected chi connectivity index (χ3v) is 4.68. The standard InChI is InChI=1S/C15H28N2O3/c1-11-2-3-14(16)13(10-11)15(19)17-6-4-12(5-7-17)20-9-8-18/h11-14,18H,2-10,16H2,1H3. The van der Waals surface area contributed by atoms with Gasteiger partial charge < -0.3 is 20.5 Å². The van der Waals surface area contributed by atoms with Gasteiger partial charge in [0.2, 0.25) is 5.91 Å². The lowest BCUT2D eigenvalue weighted by Crippen LogP contribution is -2.50. The first-order valence-electron chi connectivity index (χ1n) is 7.88. The Morgan fingerprint density at radius 3 is 2.65 bits per heavy atom. The minimum Gasteiger partial charge on any atom is -0.394 e. The summed E-state index contributed by atoms with van der Waals surface area (Å²) in [7, 11) is 0. The Bertz CT molecular complexity index is 316. The van der Waals surface area contributed by atoms with Gasteiger partial charge in [0.15, 0.2) is 0 Å². The van der Waals surface area contributed by atoms with Crippen LogP contribution in [-0.2, 0) is 9.53 Å². The van der Waals surface area contributed by atoms with Gasteiger partial charge in [-0.3, -0.25) is 4.79 Å². The molecular formula is C15H28N2O3. The van der Waals surface area contributed by atoms with Gasteiger partial charge in [-0.05, 0) is 38.0 Å². The highest BCUT2D eigenvalue weighted by atomic mass is 16.5. The fourth-order valence-corrected chi connectivity index (χ4v) is 3.38. The molecular weight excluding hydrogens is 256 g/mol. The topological polar surface area (TPSA) is 75.8 Å². The molecule has 116 valence electrons. The summed E-state index contributed by atoms with van der Waals surface area (Å²) < 4.78 is 5.53. The highest BCUT2D eigenvalue weighted by Gasteiger charge is 2.35. The van der Waals surface area contributed by atoms with Crippen molar-refractivity contribution < 1.29 is 14.6 Å². The van der Waals surface area contributed by atoms with Crippen LogP contribution in [0.25, 0.3) is 0 Å². The van der Waals surface area contributed by atoms with Crippen LogP contribution in [0.1, 0.15) is 39.0 Å². The summed E-state index contributed by atoms with van der Waals surface area (Å²) in [6, 6.07) is 0.0297. The summed E-state index contributed by atoms with van der Waals surface area (Å²) in [6.07, 6.45) is 4.95. The van der Waals surface area contributed by atoms with Crippen molar-refractivity contribution in [3.05, 3.63) is 0 Å². The van der Waals surface area contributed by atoms with E-state index in [-0.39, 0.29) is 30.6 Å². The third kappa shape index (κ3) is 3.93. The number of amides is 1. The van der Waals surface area contributed by atoms with E-state index in [4.69, 9.17) is 15.6 Å². The summed E-state index contributed by atoms with van der Waals surface area (Å²) in [5.41, 5.74) is 6.14. The summed E-state index contributed by atoms with van der Waals surface area (Å²) in [6.45, 7) is 4.18. The van der Waals surface area contributed by atoms with Crippen LogP contribution in [0.2, 0.25) is 0 Å². The molecule has 2 rings (SSSR count). The van der Waals surface area contributed by atoms with E-state index >= 15 is 0 Å². The van der Waals surface area contributed by atoms with Gasteiger partial charge in [-0.2, -0.15) is 0 Å². The molecule has 0 radical (unpaired) electrons. The zero-order valence-electron chi connectivity index (χ0n) is 12.5. The maximum atomic E-state index is 12.6. The number of hydrogen-bond acceptors (Lipinski definition) is 4. The number of nitrogens with zero attached hydrogens (tertiary/aromatic N) is 1. The Kier molecular flexibility index (Phi) is 5.81. The van der Waals surface area contributed by atoms with E-state index in [0.29, 0.717) is 12.5 Å². The Balaban J connectivity index is 1.82. The van der Waals surface area contributed by atoms with Crippen molar-refractivity contribution in [2.45, 2.75) is 51.2 Å². The summed E-state index contributed by atoms with van der Waals surface area (Å²) in [5, 5.41) is 8.76. The molecule has 5 nitrogen and oxygen atoms in total. The average Bonchev–Trinajstić information content (AvgIpc) is 2.47. The number of nitrogens with two attached hydrogens (primary N) is 1. The maximum Gasteiger partial charge on any atom is 0.227 e. The van der Waals surface area contributed by atoms with Crippen molar-refractivity contribution in [2.24, 2.45) is 17.6 Å². The number of ether oxygens (including phenoxy) is 1. The molecule has 3 unspecified atom stereocenters. The quantitative estimate of drug-likeness (QED) is 0.799. The lowest BCUT2D eigenvalue weighted by Gasteiger charge is -2.38. The number of carbonyl (C=O) groups is 1. The van der Waals surface area contributed by atoms with Crippen molar-refractivity contribution in [3.63, 3.8) is 0 Å². The van der Waals surface area contributed by atoms with Crippen LogP contribution < -0.4 is 5.73 Å². The number of carbonyl (C=O) groups excluding carboxylic acids is 1. The molecule has 1 saturated heterocycles. The Labute approximate surface area is 121 Å². The van der Waals surface area contributed by atoms with Gasteiger partial charge in [-0.25, -0.2) is 0 Å². The number of hydrogen-bond donors (Lipinski definition) is 2. The zero-order chi connectivity index (χ0) is 14.5. The van der Waals surface area contributed by atoms with Crippen LogP contribution in [0.15, 0.2) is 0 Å². The molecule has 2 aliphatic rings. The van der Waals surface area contributed by atoms with Gasteiger partial charge in [0, 0.05) is 19.1 Å². The van der Waals surface area contributed by atoms with E-state index in [1.54, 1.807) is 0 Å². The molecule has 1 heterocycles. The monoisotopic (exact) mass is 284 g/mol. The lowest BCUT2D eigenvalue weighted by atomic mass is 9.78. The van der Waals surface area contributed by atoms with Crippen LogP contribution in [0, 0.1) is 11.8 Å². The smallest absolute Gasteiger partial charge is 0.227 e. The fraction of sp³-hybridized carbons (Fsp3) is 0.933. The molecule has 1 amide bonds. The molecule has 1 aliphatic heterocycles. The van der Waals surface area contributed by atoms with Crippen molar-refractivity contribution in [2.75, 3.05) is 26.3 Å². The van der Waals surface area contributed by atoms with Crippen molar-refractivity contribution >= 4 is 5.91 Å². The summed E-state index contributed by atoms with van der Waals surface area (Å²) >= 11 is 0. The lowest BCUT2D eigenvalue weighted by molar-refractivity contribution is -0.140. The van der Waals surface area contributed by atoms with Crippen LogP contribution in [0.3, 0.4) is 0 Å². The number of piperidine rings is 1. The zero-order valence-corrected chi connectivity index (χ0v) is 12.5. The SMILES string of the molecule is CC1CCC(N)C(C(=O)N2CCC(OCCO)CC2)C1. The Hall–Kier alpha value is -0.650. The van der Waals surface area contributed by atoms with Crippen LogP contribution in [0.5, 0.6) is 0 Å². The molecule has 2 fully saturated rings. The van der Waals surface area contributed by atoms with Crippen molar-refractivity contribution in [1.82, 2.24) is 4.90 Å². The minimum absolute atomic E-state index is 0.00802. The first-order valence-corrected chi connectivity index (χ1v) is 7.88. The molecule has 3 N–H and O–H groups in total. The highest BCUT2D eigenvalue weighted by molar-refractivity contribution is 5.79. The summed E-state index contributed by atoms with van der Waals surface area (Å²) in [4.78, 5) is 14.6. The van der Waals surface area contributed by atoms with Crippen molar-refractivity contribution in [3.8, 4) is 0 Å². The van der Waals surface area contributed by atoms with E-state index in [1.807, 2.05) is 4.90 Å². The molecule has 0 spiro atoms. The first-order chi connectivity index (χ1) is 9.61. The predicted octanol–water partition coefficient (Wildman–Crippen LogP) is 0.750. The second-order valence-electron chi connectivity index (χ2n) is 6.31. The number of aliphatic hydroxyl groups excluding tert-OH is 1. The van der Waals surface area contributed by atoms with Crippen LogP contribution in [0.4, 0.5) is 0 Å². The van der Waals surface area contributed by atoms with Crippen LogP contribution in [-0.4, -0.2) is 54.4 Å². The number of aliphatic hydroxyl groups is 1. The molecule has 1 saturated carbocycles. The third-order valence-electron chi connectivity index (χ3n) is 4.68. The van der Waals surface area contributed by atoms with E-state index in [9.17, 15) is 4.79 Å². The van der Waals surface area contributed by atoms with E-state index in [2.05, 4.69) is 6.92 Å². The normalized spacial score (nSPS) is 32.4. The van der Waals surface area contributed by atoms with Gasteiger partial charge >= 0.3 is 0 Å². The second kappa shape index (κ2) is 7.38. The fourth-order valence-electron chi connectivity index (χ4n) is 3.38. The molecule has 20 heavy (non-hydrogen) atoms. The van der Waals surface area contributed by atoms with Gasteiger partial charge in [0.25, 0.3) is 0 Å². The molecule has 0 aromatic carbocycles. The van der Waals surface area contributed by atoms with Gasteiger partial charge in [0.05, 0.1) is 25.2 Å². The van der Waals surface area contributed by atoms with E-state index in [0.717, 1.165) is 45.2 Å². The van der Waals surface area contributed by atoms with E-state index < -0.39 is 0 Å². The van der Waals surface area contributed by atoms with Gasteiger partial charge in [-0.1, -0.05) is 6.92 Å². The molecule has 0 aromatic rings. The first kappa shape index (κ1) is 15.7. The highest BCUT2D eigenvalue weighted by Crippen LogP contribution is 2.30. The number of likely N-dealkylation sites (tertiary alicyclic amines) is 1.